The number of nitrogens with one attached hydrogen (secondary N) is 1. The lowest BCUT2D eigenvalue weighted by atomic mass is 9.72. The van der Waals surface area contributed by atoms with Gasteiger partial charge in [-0.2, -0.15) is 0 Å². The number of halogens is 4. The van der Waals surface area contributed by atoms with Gasteiger partial charge in [0.1, 0.15) is 11.9 Å². The number of ketones is 1. The Labute approximate surface area is 226 Å². The average molecular weight is 580 g/mol. The van der Waals surface area contributed by atoms with Crippen LogP contribution in [0.5, 0.6) is 0 Å². The van der Waals surface area contributed by atoms with Gasteiger partial charge in [0.05, 0.1) is 12.1 Å². The number of rotatable bonds is 2. The van der Waals surface area contributed by atoms with Crippen LogP contribution in [0.25, 0.3) is 10.9 Å². The standard InChI is InChI=1S/C19H20N2O3.4BFH2O2/c22-18-10-21-12-5-11(18)6-13(21)8-14(7-12)24-19(23)16-9-20-17-4-2-1-3-15(16)17;4*2-1(3)4/h1-4,9,11-14,20H,5-8,10H2;4*3-4H. The largest absolute Gasteiger partial charge is 0.674 e. The Hall–Kier alpha value is -2.48. The summed E-state index contributed by atoms with van der Waals surface area (Å²) in [4.78, 5) is 30.0. The molecule has 2 aromatic rings. The van der Waals surface area contributed by atoms with Crippen molar-refractivity contribution in [3.8, 4) is 0 Å². The van der Waals surface area contributed by atoms with Gasteiger partial charge >= 0.3 is 35.6 Å². The highest BCUT2D eigenvalue weighted by molar-refractivity contribution is 6.32. The van der Waals surface area contributed by atoms with Crippen molar-refractivity contribution in [2.75, 3.05) is 6.54 Å². The highest BCUT2D eigenvalue weighted by Gasteiger charge is 2.49. The first-order valence-electron chi connectivity index (χ1n) is 11.7. The van der Waals surface area contributed by atoms with Crippen molar-refractivity contribution < 1.29 is 71.8 Å². The van der Waals surface area contributed by atoms with Gasteiger partial charge in [-0.1, -0.05) is 18.2 Å². The van der Waals surface area contributed by atoms with Gasteiger partial charge in [0.15, 0.2) is 0 Å². The van der Waals surface area contributed by atoms with E-state index in [1.165, 1.54) is 0 Å². The molecule has 4 saturated heterocycles. The molecule has 220 valence electrons. The van der Waals surface area contributed by atoms with Gasteiger partial charge in [0, 0.05) is 47.9 Å². The van der Waals surface area contributed by atoms with Gasteiger partial charge < -0.3 is 49.9 Å². The Morgan fingerprint density at radius 2 is 1.27 bits per heavy atom. The van der Waals surface area contributed by atoms with Crippen molar-refractivity contribution in [3.05, 3.63) is 36.0 Å². The molecule has 21 heteroatoms. The molecule has 5 heterocycles. The number of hydrogen-bond acceptors (Lipinski definition) is 12. The topological polar surface area (TPSA) is 224 Å². The smallest absolute Gasteiger partial charge is 0.459 e. The number of carbonyl (C=O) groups excluding carboxylic acids is 2. The second-order valence-electron chi connectivity index (χ2n) is 8.60. The zero-order valence-electron chi connectivity index (χ0n) is 20.8. The number of fused-ring (bicyclic) bond motifs is 2. The summed E-state index contributed by atoms with van der Waals surface area (Å²) in [5.41, 5.74) is 1.56. The van der Waals surface area contributed by atoms with Crippen molar-refractivity contribution in [3.63, 3.8) is 0 Å². The fraction of sp³-hybridized carbons (Fsp3) is 0.474. The summed E-state index contributed by atoms with van der Waals surface area (Å²) in [5.74, 6) is 0.403. The minimum Gasteiger partial charge on any atom is -0.459 e. The number of ether oxygens (including phenoxy) is 1. The van der Waals surface area contributed by atoms with Crippen LogP contribution in [0.1, 0.15) is 36.0 Å². The van der Waals surface area contributed by atoms with Crippen LogP contribution in [0.4, 0.5) is 17.3 Å². The molecule has 2 unspecified atom stereocenters. The first-order valence-corrected chi connectivity index (χ1v) is 11.7. The Morgan fingerprint density at radius 1 is 0.825 bits per heavy atom. The van der Waals surface area contributed by atoms with E-state index in [9.17, 15) is 26.9 Å². The third-order valence-electron chi connectivity index (χ3n) is 6.00. The number of H-pyrrole nitrogens is 1. The maximum Gasteiger partial charge on any atom is 0.674 e. The highest BCUT2D eigenvalue weighted by Crippen LogP contribution is 2.42. The van der Waals surface area contributed by atoms with Gasteiger partial charge in [-0.3, -0.25) is 27.0 Å². The normalized spacial score (nSPS) is 23.4. The zero-order chi connectivity index (χ0) is 30.6. The van der Waals surface area contributed by atoms with Crippen molar-refractivity contribution in [1.82, 2.24) is 9.88 Å². The first-order chi connectivity index (χ1) is 18.6. The molecule has 4 aliphatic rings. The Kier molecular flexibility index (Phi) is 15.4. The quantitative estimate of drug-likeness (QED) is 0.109. The number of esters is 1. The molecule has 4 fully saturated rings. The molecule has 9 N–H and O–H groups in total. The number of piperidine rings is 4. The van der Waals surface area contributed by atoms with Gasteiger partial charge in [-0.05, 0) is 18.9 Å². The van der Waals surface area contributed by atoms with E-state index in [2.05, 4.69) is 9.88 Å². The molecule has 40 heavy (non-hydrogen) atoms. The summed E-state index contributed by atoms with van der Waals surface area (Å²) in [6, 6.07) is 8.58. The lowest BCUT2D eigenvalue weighted by molar-refractivity contribution is -0.145. The van der Waals surface area contributed by atoms with E-state index in [0.717, 1.165) is 36.6 Å². The Morgan fingerprint density at radius 3 is 1.73 bits per heavy atom. The molecule has 0 spiro atoms. The van der Waals surface area contributed by atoms with E-state index < -0.39 is 29.6 Å². The molecule has 2 atom stereocenters. The van der Waals surface area contributed by atoms with Crippen LogP contribution in [0, 0.1) is 5.92 Å². The molecule has 1 aromatic carbocycles. The number of Topliss-reactive ketones (excluding diaryl/α,β-unsaturated/α-hetero) is 1. The molecular formula is C19H28B4F4N2O11. The van der Waals surface area contributed by atoms with E-state index in [0.29, 0.717) is 30.0 Å². The third kappa shape index (κ3) is 12.8. The fourth-order valence-electron chi connectivity index (χ4n) is 4.87. The number of nitrogens with zero attached hydrogens (tertiary/aromatic N) is 1. The van der Waals surface area contributed by atoms with Gasteiger partial charge in [-0.25, -0.2) is 4.79 Å². The maximum absolute atomic E-state index is 12.6. The summed E-state index contributed by atoms with van der Waals surface area (Å²) in [6.07, 6.45) is 5.29. The third-order valence-corrected chi connectivity index (χ3v) is 6.00. The summed E-state index contributed by atoms with van der Waals surface area (Å²) < 4.78 is 46.3. The van der Waals surface area contributed by atoms with Gasteiger partial charge in [0.25, 0.3) is 0 Å². The molecule has 13 nitrogen and oxygen atoms in total. The molecule has 1 aromatic heterocycles. The lowest BCUT2D eigenvalue weighted by Gasteiger charge is -2.54. The predicted octanol–water partition coefficient (Wildman–Crippen LogP) is -1.78. The van der Waals surface area contributed by atoms with Crippen molar-refractivity contribution in [1.29, 1.82) is 0 Å². The number of para-hydroxylation sites is 1. The molecule has 4 bridgehead atoms. The molecule has 0 saturated carbocycles. The Bertz CT molecular complexity index is 1010. The number of aromatic amines is 1. The molecular weight excluding hydrogens is 551 g/mol. The molecule has 0 radical (unpaired) electrons. The van der Waals surface area contributed by atoms with Crippen LogP contribution in [-0.4, -0.2) is 116 Å². The maximum atomic E-state index is 12.6. The van der Waals surface area contributed by atoms with Crippen LogP contribution < -0.4 is 0 Å². The summed E-state index contributed by atoms with van der Waals surface area (Å²) in [6.45, 7) is 0.600. The van der Waals surface area contributed by atoms with Gasteiger partial charge in [-0.15, -0.1) is 0 Å². The van der Waals surface area contributed by atoms with E-state index in [-0.39, 0.29) is 18.0 Å². The number of carbonyl (C=O) groups is 2. The number of aromatic nitrogens is 1. The molecule has 0 aliphatic carbocycles. The second kappa shape index (κ2) is 17.4. The van der Waals surface area contributed by atoms with E-state index in [1.807, 2.05) is 24.3 Å². The molecule has 6 rings (SSSR count). The molecule has 0 amide bonds. The predicted molar refractivity (Wildman–Crippen MR) is 134 cm³/mol. The first kappa shape index (κ1) is 35.5. The van der Waals surface area contributed by atoms with E-state index in [4.69, 9.17) is 44.9 Å². The zero-order valence-corrected chi connectivity index (χ0v) is 20.8. The van der Waals surface area contributed by atoms with Crippen LogP contribution >= 0.6 is 0 Å². The average Bonchev–Trinajstić information content (AvgIpc) is 3.22. The minimum atomic E-state index is -2.67. The summed E-state index contributed by atoms with van der Waals surface area (Å²) in [5, 5.41) is 56.5. The summed E-state index contributed by atoms with van der Waals surface area (Å²) >= 11 is 0. The van der Waals surface area contributed by atoms with E-state index in [1.54, 1.807) is 6.20 Å². The second-order valence-corrected chi connectivity index (χ2v) is 8.60. The SMILES string of the molecule is O=C(OC1CC2CC3CC(C1)N2CC3=O)c1c[nH]c2ccccc12.OB(O)F.OB(O)F.OB(O)F.OB(O)F. The number of benzene rings is 1. The number of hydrogen-bond donors (Lipinski definition) is 9. The van der Waals surface area contributed by atoms with Crippen molar-refractivity contribution in [2.24, 2.45) is 5.92 Å². The van der Waals surface area contributed by atoms with Gasteiger partial charge in [0.2, 0.25) is 0 Å². The highest BCUT2D eigenvalue weighted by atomic mass is 19.1. The molecule has 4 aliphatic heterocycles. The van der Waals surface area contributed by atoms with Crippen molar-refractivity contribution >= 4 is 52.2 Å². The van der Waals surface area contributed by atoms with Crippen LogP contribution in [0.2, 0.25) is 0 Å². The fourth-order valence-corrected chi connectivity index (χ4v) is 4.87. The van der Waals surface area contributed by atoms with Crippen molar-refractivity contribution in [2.45, 2.75) is 43.9 Å². The van der Waals surface area contributed by atoms with E-state index >= 15 is 0 Å². The Balaban J connectivity index is 0.000000417. The minimum absolute atomic E-state index is 0.0356. The summed E-state index contributed by atoms with van der Waals surface area (Å²) in [7, 11) is -10.7. The lowest BCUT2D eigenvalue weighted by Crippen LogP contribution is -2.63. The van der Waals surface area contributed by atoms with Crippen LogP contribution in [0.3, 0.4) is 0 Å². The monoisotopic (exact) mass is 580 g/mol. The van der Waals surface area contributed by atoms with Crippen LogP contribution in [-0.2, 0) is 9.53 Å². The van der Waals surface area contributed by atoms with Crippen LogP contribution in [0.15, 0.2) is 30.5 Å².